The molecule has 0 amide bonds. The van der Waals surface area contributed by atoms with E-state index >= 15 is 0 Å². The van der Waals surface area contributed by atoms with Crippen LogP contribution in [0.15, 0.2) is 85.0 Å². The number of hydrogen-bond acceptors (Lipinski definition) is 1. The molecule has 0 spiro atoms. The van der Waals surface area contributed by atoms with Crippen LogP contribution in [0.4, 0.5) is 0 Å². The van der Waals surface area contributed by atoms with Gasteiger partial charge in [0.15, 0.2) is 0 Å². The molecule has 0 saturated carbocycles. The molecule has 0 fully saturated rings. The second kappa shape index (κ2) is 24.9. The fourth-order valence-corrected chi connectivity index (χ4v) is 7.27. The molecule has 0 bridgehead atoms. The SMILES string of the molecule is C=C(C)C(CCCCCCCCCCCC)(Cc1ccccc1)OC(CCCCCCCCCCCC)(Cc1ccccc1)C(=C)C. The van der Waals surface area contributed by atoms with Crippen molar-refractivity contribution in [2.24, 2.45) is 0 Å². The van der Waals surface area contributed by atoms with E-state index in [1.54, 1.807) is 0 Å². The summed E-state index contributed by atoms with van der Waals surface area (Å²) in [7, 11) is 0. The molecule has 0 aliphatic heterocycles. The van der Waals surface area contributed by atoms with Crippen LogP contribution in [0.3, 0.4) is 0 Å². The van der Waals surface area contributed by atoms with Crippen molar-refractivity contribution in [3.8, 4) is 0 Å². The molecule has 47 heavy (non-hydrogen) atoms. The predicted molar refractivity (Wildman–Crippen MR) is 209 cm³/mol. The lowest BCUT2D eigenvalue weighted by molar-refractivity contribution is -0.128. The largest absolute Gasteiger partial charge is 0.359 e. The molecule has 2 unspecified atom stereocenters. The molecule has 2 rings (SSSR count). The smallest absolute Gasteiger partial charge is 0.0938 e. The Balaban J connectivity index is 2.18. The third kappa shape index (κ3) is 16.7. The van der Waals surface area contributed by atoms with Crippen molar-refractivity contribution >= 4 is 0 Å². The maximum absolute atomic E-state index is 7.72. The van der Waals surface area contributed by atoms with E-state index in [-0.39, 0.29) is 0 Å². The van der Waals surface area contributed by atoms with Crippen LogP contribution in [0.2, 0.25) is 0 Å². The first-order valence-electron chi connectivity index (χ1n) is 20.0. The average Bonchev–Trinajstić information content (AvgIpc) is 3.07. The van der Waals surface area contributed by atoms with E-state index in [9.17, 15) is 0 Å². The Kier molecular flexibility index (Phi) is 21.8. The van der Waals surface area contributed by atoms with Gasteiger partial charge in [0.1, 0.15) is 0 Å². The quantitative estimate of drug-likeness (QED) is 0.0608. The van der Waals surface area contributed by atoms with E-state index in [1.165, 1.54) is 140 Å². The minimum atomic E-state index is -0.423. The molecular formula is C46H74O. The van der Waals surface area contributed by atoms with Gasteiger partial charge in [-0.05, 0) is 49.0 Å². The van der Waals surface area contributed by atoms with Crippen molar-refractivity contribution in [2.75, 3.05) is 0 Å². The van der Waals surface area contributed by atoms with Crippen LogP contribution in [0.25, 0.3) is 0 Å². The Hall–Kier alpha value is -2.12. The first kappa shape index (κ1) is 41.1. The van der Waals surface area contributed by atoms with E-state index < -0.39 is 11.2 Å². The summed E-state index contributed by atoms with van der Waals surface area (Å²) in [4.78, 5) is 0. The summed E-state index contributed by atoms with van der Waals surface area (Å²) < 4.78 is 7.72. The van der Waals surface area contributed by atoms with Gasteiger partial charge in [0.2, 0.25) is 0 Å². The van der Waals surface area contributed by atoms with E-state index in [2.05, 4.69) is 102 Å². The van der Waals surface area contributed by atoms with Crippen molar-refractivity contribution < 1.29 is 4.74 Å². The summed E-state index contributed by atoms with van der Waals surface area (Å²) >= 11 is 0. The number of unbranched alkanes of at least 4 members (excludes halogenated alkanes) is 18. The summed E-state index contributed by atoms with van der Waals surface area (Å²) in [5.41, 5.74) is 4.12. The lowest BCUT2D eigenvalue weighted by Crippen LogP contribution is -2.49. The topological polar surface area (TPSA) is 9.23 Å². The highest BCUT2D eigenvalue weighted by Crippen LogP contribution is 2.42. The van der Waals surface area contributed by atoms with Crippen LogP contribution in [0.5, 0.6) is 0 Å². The lowest BCUT2D eigenvalue weighted by atomic mass is 9.78. The molecule has 2 aromatic carbocycles. The minimum Gasteiger partial charge on any atom is -0.359 e. The molecule has 264 valence electrons. The Morgan fingerprint density at radius 2 is 0.723 bits per heavy atom. The molecule has 2 aromatic rings. The Labute approximate surface area is 293 Å². The van der Waals surface area contributed by atoms with Gasteiger partial charge >= 0.3 is 0 Å². The van der Waals surface area contributed by atoms with Crippen LogP contribution in [-0.2, 0) is 17.6 Å². The summed E-state index contributed by atoms with van der Waals surface area (Å²) in [6, 6.07) is 22.0. The molecule has 0 aliphatic carbocycles. The van der Waals surface area contributed by atoms with E-state index in [1.807, 2.05) is 0 Å². The van der Waals surface area contributed by atoms with Gasteiger partial charge in [-0.15, -0.1) is 0 Å². The Morgan fingerprint density at radius 1 is 0.447 bits per heavy atom. The van der Waals surface area contributed by atoms with Gasteiger partial charge in [-0.3, -0.25) is 0 Å². The van der Waals surface area contributed by atoms with Crippen LogP contribution >= 0.6 is 0 Å². The third-order valence-corrected chi connectivity index (χ3v) is 10.5. The van der Waals surface area contributed by atoms with E-state index in [0.717, 1.165) is 36.8 Å². The molecule has 1 nitrogen and oxygen atoms in total. The van der Waals surface area contributed by atoms with Gasteiger partial charge in [0.25, 0.3) is 0 Å². The fraction of sp³-hybridized carbons (Fsp3) is 0.652. The maximum Gasteiger partial charge on any atom is 0.0938 e. The predicted octanol–water partition coefficient (Wildman–Crippen LogP) is 14.7. The first-order chi connectivity index (χ1) is 22.9. The number of rotatable bonds is 30. The van der Waals surface area contributed by atoms with Gasteiger partial charge in [0.05, 0.1) is 11.2 Å². The molecular weight excluding hydrogens is 569 g/mol. The number of benzene rings is 2. The van der Waals surface area contributed by atoms with Gasteiger partial charge in [-0.25, -0.2) is 0 Å². The molecule has 0 N–H and O–H groups in total. The minimum absolute atomic E-state index is 0.423. The van der Waals surface area contributed by atoms with Gasteiger partial charge in [-0.1, -0.05) is 216 Å². The standard InChI is InChI=1S/C46H74O/c1-7-9-11-13-15-17-19-21-23-31-37-45(41(3)4,39-43-33-27-25-28-34-43)47-46(42(5)6,40-44-35-29-26-30-36-44)38-32-24-22-20-18-16-14-12-10-8-2/h25-30,33-36H,3,5,7-24,31-32,37-40H2,1-2,4,6H3. The summed E-state index contributed by atoms with van der Waals surface area (Å²) in [5, 5.41) is 0. The van der Waals surface area contributed by atoms with E-state index in [0.29, 0.717) is 0 Å². The zero-order valence-corrected chi connectivity index (χ0v) is 31.6. The summed E-state index contributed by atoms with van der Waals surface area (Å²) in [5.74, 6) is 0. The van der Waals surface area contributed by atoms with Gasteiger partial charge < -0.3 is 4.74 Å². The number of hydrogen-bond donors (Lipinski definition) is 0. The number of ether oxygens (including phenoxy) is 1. The highest BCUT2D eigenvalue weighted by Gasteiger charge is 2.43. The van der Waals surface area contributed by atoms with Crippen LogP contribution in [0, 0.1) is 0 Å². The second-order valence-electron chi connectivity index (χ2n) is 14.8. The van der Waals surface area contributed by atoms with Crippen LogP contribution in [-0.4, -0.2) is 11.2 Å². The molecule has 0 saturated heterocycles. The highest BCUT2D eigenvalue weighted by atomic mass is 16.5. The molecule has 1 heteroatoms. The van der Waals surface area contributed by atoms with E-state index in [4.69, 9.17) is 4.74 Å². The zero-order valence-electron chi connectivity index (χ0n) is 31.6. The van der Waals surface area contributed by atoms with Crippen LogP contribution < -0.4 is 0 Å². The molecule has 0 aliphatic rings. The van der Waals surface area contributed by atoms with Crippen molar-refractivity contribution in [1.82, 2.24) is 0 Å². The molecule has 0 radical (unpaired) electrons. The summed E-state index contributed by atoms with van der Waals surface area (Å²) in [6.07, 6.45) is 30.6. The molecule has 0 heterocycles. The maximum atomic E-state index is 7.72. The van der Waals surface area contributed by atoms with Gasteiger partial charge in [-0.2, -0.15) is 0 Å². The summed E-state index contributed by atoms with van der Waals surface area (Å²) in [6.45, 7) is 18.3. The normalized spacial score (nSPS) is 14.0. The second-order valence-corrected chi connectivity index (χ2v) is 14.8. The first-order valence-corrected chi connectivity index (χ1v) is 20.0. The Morgan fingerprint density at radius 3 is 1.00 bits per heavy atom. The van der Waals surface area contributed by atoms with Crippen molar-refractivity contribution in [3.63, 3.8) is 0 Å². The fourth-order valence-electron chi connectivity index (χ4n) is 7.27. The average molecular weight is 643 g/mol. The van der Waals surface area contributed by atoms with Gasteiger partial charge in [0, 0.05) is 12.8 Å². The highest BCUT2D eigenvalue weighted by molar-refractivity contribution is 5.27. The third-order valence-electron chi connectivity index (χ3n) is 10.5. The molecule has 2 atom stereocenters. The monoisotopic (exact) mass is 643 g/mol. The van der Waals surface area contributed by atoms with Crippen molar-refractivity contribution in [3.05, 3.63) is 96.1 Å². The zero-order chi connectivity index (χ0) is 34.1. The van der Waals surface area contributed by atoms with Crippen LogP contribution in [0.1, 0.15) is 180 Å². The lowest BCUT2D eigenvalue weighted by Gasteiger charge is -2.46. The molecule has 0 aromatic heterocycles. The van der Waals surface area contributed by atoms with Crippen molar-refractivity contribution in [2.45, 2.75) is 193 Å². The van der Waals surface area contributed by atoms with Crippen molar-refractivity contribution in [1.29, 1.82) is 0 Å². The Bertz CT molecular complexity index is 969.